The Morgan fingerprint density at radius 2 is 1.90 bits per heavy atom. The molecule has 0 atom stereocenters. The van der Waals surface area contributed by atoms with Crippen molar-refractivity contribution < 1.29 is 12.8 Å². The highest BCUT2D eigenvalue weighted by molar-refractivity contribution is 8.01. The van der Waals surface area contributed by atoms with Gasteiger partial charge in [-0.05, 0) is 44.4 Å². The first-order valence-corrected chi connectivity index (χ1v) is 13.5. The number of alkyl halides is 1. The van der Waals surface area contributed by atoms with E-state index in [9.17, 15) is 17.6 Å². The van der Waals surface area contributed by atoms with Gasteiger partial charge in [0.05, 0.1) is 16.6 Å². The molecule has 6 nitrogen and oxygen atoms in total. The minimum atomic E-state index is -3.69. The number of anilines is 1. The Hall–Kier alpha value is -1.91. The minimum Gasteiger partial charge on any atom is -0.265 e. The van der Waals surface area contributed by atoms with E-state index in [4.69, 9.17) is 0 Å². The number of halogens is 1. The Bertz CT molecular complexity index is 1140. The first-order valence-electron chi connectivity index (χ1n) is 10.1. The van der Waals surface area contributed by atoms with Crippen molar-refractivity contribution in [3.05, 3.63) is 57.0 Å². The largest absolute Gasteiger partial charge is 0.354 e. The number of fused-ring (bicyclic) bond motifs is 1. The maximum absolute atomic E-state index is 12.7. The highest BCUT2D eigenvalue weighted by atomic mass is 32.2. The van der Waals surface area contributed by atoms with Crippen molar-refractivity contribution in [2.24, 2.45) is 0 Å². The summed E-state index contributed by atoms with van der Waals surface area (Å²) in [6.45, 7) is 3.43. The Balaban J connectivity index is 1.85. The summed E-state index contributed by atoms with van der Waals surface area (Å²) in [5.74, 6) is 0.724. The van der Waals surface area contributed by atoms with E-state index in [1.54, 1.807) is 11.8 Å². The Morgan fingerprint density at radius 3 is 2.61 bits per heavy atom. The molecular formula is C21H26FN3O3S3. The van der Waals surface area contributed by atoms with Crippen molar-refractivity contribution in [3.8, 4) is 5.69 Å². The second-order valence-corrected chi connectivity index (χ2v) is 11.6. The lowest BCUT2D eigenvalue weighted by molar-refractivity contribution is 0.460. The number of thioether (sulfide) groups is 1. The predicted octanol–water partition coefficient (Wildman–Crippen LogP) is 4.56. The van der Waals surface area contributed by atoms with Gasteiger partial charge in [0.15, 0.2) is 5.82 Å². The van der Waals surface area contributed by atoms with Gasteiger partial charge in [-0.3, -0.25) is 13.7 Å². The average molecular weight is 484 g/mol. The maximum atomic E-state index is 12.7. The summed E-state index contributed by atoms with van der Waals surface area (Å²) in [5.41, 5.74) is 1.67. The molecule has 0 fully saturated rings. The number of hydrogen-bond donors (Lipinski definition) is 1. The van der Waals surface area contributed by atoms with Crippen molar-refractivity contribution >= 4 is 38.9 Å². The molecule has 2 aliphatic rings. The molecular weight excluding hydrogens is 457 g/mol. The van der Waals surface area contributed by atoms with Gasteiger partial charge in [0.25, 0.3) is 0 Å². The number of aromatic nitrogens is 2. The van der Waals surface area contributed by atoms with Crippen LogP contribution in [0.5, 0.6) is 0 Å². The lowest BCUT2D eigenvalue weighted by Crippen LogP contribution is -2.19. The van der Waals surface area contributed by atoms with E-state index in [1.807, 2.05) is 44.2 Å². The molecule has 0 saturated heterocycles. The first kappa shape index (κ1) is 23.7. The van der Waals surface area contributed by atoms with Crippen LogP contribution in [0.25, 0.3) is 5.69 Å². The molecule has 0 radical (unpaired) electrons. The van der Waals surface area contributed by atoms with Gasteiger partial charge in [-0.1, -0.05) is 36.8 Å². The van der Waals surface area contributed by atoms with Gasteiger partial charge in [-0.2, -0.15) is 4.98 Å². The summed E-state index contributed by atoms with van der Waals surface area (Å²) < 4.78 is 42.6. The molecule has 0 amide bonds. The van der Waals surface area contributed by atoms with Crippen LogP contribution in [0.1, 0.15) is 35.4 Å². The highest BCUT2D eigenvalue weighted by Gasteiger charge is 2.26. The van der Waals surface area contributed by atoms with Crippen molar-refractivity contribution in [3.63, 3.8) is 0 Å². The summed E-state index contributed by atoms with van der Waals surface area (Å²) in [5, 5.41) is 0. The number of nitrogens with zero attached hydrogens (tertiary/aromatic N) is 2. The van der Waals surface area contributed by atoms with Gasteiger partial charge in [-0.15, -0.1) is 23.1 Å². The molecule has 3 rings (SSSR count). The van der Waals surface area contributed by atoms with Crippen LogP contribution in [0.4, 0.5) is 10.2 Å². The third kappa shape index (κ3) is 6.08. The third-order valence-corrected chi connectivity index (χ3v) is 8.67. The fourth-order valence-corrected chi connectivity index (χ4v) is 6.68. The van der Waals surface area contributed by atoms with Gasteiger partial charge in [0.1, 0.15) is 5.69 Å². The van der Waals surface area contributed by atoms with E-state index in [0.29, 0.717) is 18.5 Å². The quantitative estimate of drug-likeness (QED) is 0.319. The Labute approximate surface area is 190 Å². The summed E-state index contributed by atoms with van der Waals surface area (Å²) in [6, 6.07) is 9.37. The van der Waals surface area contributed by atoms with Crippen LogP contribution in [-0.2, 0) is 16.4 Å². The van der Waals surface area contributed by atoms with E-state index in [0.717, 1.165) is 38.9 Å². The number of benzene rings is 1. The lowest BCUT2D eigenvalue weighted by Gasteiger charge is -2.16. The zero-order valence-electron chi connectivity index (χ0n) is 17.6. The van der Waals surface area contributed by atoms with Gasteiger partial charge >= 0.3 is 5.69 Å². The number of aryl methyl sites for hydroxylation is 2. The minimum absolute atomic E-state index is 0.0728. The molecule has 1 aromatic rings. The average Bonchev–Trinajstić information content (AvgIpc) is 3.06. The van der Waals surface area contributed by atoms with Crippen molar-refractivity contribution in [1.29, 1.82) is 0 Å². The van der Waals surface area contributed by atoms with Crippen molar-refractivity contribution in [2.45, 2.75) is 43.7 Å². The van der Waals surface area contributed by atoms with Crippen molar-refractivity contribution in [1.82, 2.24) is 9.55 Å². The first-order chi connectivity index (χ1) is 14.8. The van der Waals surface area contributed by atoms with E-state index in [1.165, 1.54) is 15.9 Å². The van der Waals surface area contributed by atoms with Crippen molar-refractivity contribution in [2.75, 3.05) is 22.9 Å². The molecule has 0 aliphatic carbocycles. The number of hydrogen-bond acceptors (Lipinski definition) is 6. The molecule has 0 spiro atoms. The van der Waals surface area contributed by atoms with Crippen LogP contribution in [0, 0.1) is 13.8 Å². The standard InChI is InChI=1S/C21H26FN3O3S3/c1-15-16(2)30-20(29-13-8-4-7-12-22)18-19(23-21(26)25(15)18)24-31(27,28)14-11-17-9-5-3-6-10-17/h3,5-6,9-10H,4,7-8,11-14H2,1-2H3,(H,23,24,26). The zero-order chi connectivity index (χ0) is 22.4. The van der Waals surface area contributed by atoms with E-state index in [2.05, 4.69) is 9.71 Å². The van der Waals surface area contributed by atoms with Gasteiger partial charge in [0.2, 0.25) is 10.0 Å². The number of nitrogens with one attached hydrogen (secondary N) is 1. The summed E-state index contributed by atoms with van der Waals surface area (Å²) in [6.07, 6.45) is 2.54. The van der Waals surface area contributed by atoms with E-state index in [-0.39, 0.29) is 18.2 Å². The molecule has 1 aromatic carbocycles. The molecule has 0 aromatic heterocycles. The van der Waals surface area contributed by atoms with Gasteiger partial charge in [0, 0.05) is 10.6 Å². The molecule has 10 heteroatoms. The fraction of sp³-hybridized carbons (Fsp3) is 0.429. The summed E-state index contributed by atoms with van der Waals surface area (Å²) in [7, 11) is -3.69. The molecule has 168 valence electrons. The summed E-state index contributed by atoms with van der Waals surface area (Å²) in [4.78, 5) is 17.6. The molecule has 0 bridgehead atoms. The van der Waals surface area contributed by atoms with Crippen LogP contribution < -0.4 is 10.4 Å². The molecule has 0 unspecified atom stereocenters. The highest BCUT2D eigenvalue weighted by Crippen LogP contribution is 2.38. The van der Waals surface area contributed by atoms with Crippen LogP contribution >= 0.6 is 23.1 Å². The van der Waals surface area contributed by atoms with Gasteiger partial charge in [-0.25, -0.2) is 13.2 Å². The number of sulfonamides is 1. The SMILES string of the molecule is Cc1sc(SCCCCCF)c2c(NS(=O)(=O)CCc3ccccc3)nc(=O)n-2c1C. The number of unbranched alkanes of at least 4 members (excludes halogenated alkanes) is 2. The van der Waals surface area contributed by atoms with E-state index >= 15 is 0 Å². The van der Waals surface area contributed by atoms with Crippen LogP contribution in [0.15, 0.2) is 39.3 Å². The normalized spacial score (nSPS) is 11.8. The maximum Gasteiger partial charge on any atom is 0.354 e. The monoisotopic (exact) mass is 483 g/mol. The Morgan fingerprint density at radius 1 is 1.16 bits per heavy atom. The topological polar surface area (TPSA) is 81.1 Å². The zero-order valence-corrected chi connectivity index (χ0v) is 20.0. The second kappa shape index (κ2) is 10.6. The molecule has 0 saturated carbocycles. The second-order valence-electron chi connectivity index (χ2n) is 7.21. The molecule has 2 aliphatic heterocycles. The third-order valence-electron chi connectivity index (χ3n) is 4.90. The fourth-order valence-electron chi connectivity index (χ4n) is 3.12. The lowest BCUT2D eigenvalue weighted by atomic mass is 10.2. The number of imidazole rings is 1. The molecule has 1 N–H and O–H groups in total. The summed E-state index contributed by atoms with van der Waals surface area (Å²) >= 11 is 3.06. The number of rotatable bonds is 11. The Kier molecular flexibility index (Phi) is 8.12. The smallest absolute Gasteiger partial charge is 0.265 e. The molecule has 31 heavy (non-hydrogen) atoms. The van der Waals surface area contributed by atoms with E-state index < -0.39 is 15.7 Å². The predicted molar refractivity (Wildman–Crippen MR) is 126 cm³/mol. The van der Waals surface area contributed by atoms with Crippen LogP contribution in [0.3, 0.4) is 0 Å². The van der Waals surface area contributed by atoms with Crippen LogP contribution in [-0.4, -0.2) is 36.1 Å². The van der Waals surface area contributed by atoms with Crippen LogP contribution in [0.2, 0.25) is 0 Å². The van der Waals surface area contributed by atoms with Gasteiger partial charge < -0.3 is 0 Å². The molecule has 2 heterocycles.